The smallest absolute Gasteiger partial charge is 0.240 e. The van der Waals surface area contributed by atoms with E-state index in [1.165, 1.54) is 4.31 Å². The number of carbonyl (C=O) groups excluding carboxylic acids is 1. The van der Waals surface area contributed by atoms with Crippen molar-refractivity contribution in [2.45, 2.75) is 25.7 Å². The Balaban J connectivity index is 2.01. The molecule has 0 spiro atoms. The molecule has 0 atom stereocenters. The second-order valence-electron chi connectivity index (χ2n) is 6.53. The Bertz CT molecular complexity index is 874. The minimum absolute atomic E-state index is 0.223. The van der Waals surface area contributed by atoms with Crippen molar-refractivity contribution in [2.75, 3.05) is 29.4 Å². The number of nitrogens with zero attached hydrogens (tertiary/aromatic N) is 1. The molecule has 0 aliphatic rings. The first-order valence-corrected chi connectivity index (χ1v) is 11.5. The van der Waals surface area contributed by atoms with E-state index in [9.17, 15) is 13.2 Å². The highest BCUT2D eigenvalue weighted by atomic mass is 32.2. The van der Waals surface area contributed by atoms with Crippen LogP contribution in [0.1, 0.15) is 16.7 Å². The molecular weight excluding hydrogens is 380 g/mol. The zero-order chi connectivity index (χ0) is 20.0. The average molecular weight is 407 g/mol. The fraction of sp³-hybridized carbons (Fsp3) is 0.350. The largest absolute Gasteiger partial charge is 0.354 e. The standard InChI is InChI=1S/C20H26N2O3S2/c1-15-12-16(2)20(17(3)13-15)22(27(4,24)25)14-19(23)21-10-11-26-18-8-6-5-7-9-18/h5-9,12-13H,10-11,14H2,1-4H3,(H,21,23). The Morgan fingerprint density at radius 1 is 1.07 bits per heavy atom. The molecule has 2 aromatic carbocycles. The molecule has 27 heavy (non-hydrogen) atoms. The number of hydrogen-bond acceptors (Lipinski definition) is 4. The van der Waals surface area contributed by atoms with Gasteiger partial charge in [0.1, 0.15) is 6.54 Å². The van der Waals surface area contributed by atoms with Crippen molar-refractivity contribution in [3.05, 3.63) is 59.2 Å². The SMILES string of the molecule is Cc1cc(C)c(N(CC(=O)NCCSc2ccccc2)S(C)(=O)=O)c(C)c1. The summed E-state index contributed by atoms with van der Waals surface area (Å²) in [4.78, 5) is 13.5. The minimum Gasteiger partial charge on any atom is -0.354 e. The lowest BCUT2D eigenvalue weighted by Crippen LogP contribution is -2.41. The highest BCUT2D eigenvalue weighted by Crippen LogP contribution is 2.28. The van der Waals surface area contributed by atoms with Crippen LogP contribution < -0.4 is 9.62 Å². The summed E-state index contributed by atoms with van der Waals surface area (Å²) in [7, 11) is -3.58. The molecular formula is C20H26N2O3S2. The third-order valence-corrected chi connectivity index (χ3v) is 6.13. The third-order valence-electron chi connectivity index (χ3n) is 4.01. The van der Waals surface area contributed by atoms with Gasteiger partial charge in [0.25, 0.3) is 0 Å². The van der Waals surface area contributed by atoms with Gasteiger partial charge in [-0.1, -0.05) is 35.9 Å². The number of amides is 1. The first kappa shape index (κ1) is 21.3. The predicted molar refractivity (Wildman–Crippen MR) is 113 cm³/mol. The van der Waals surface area contributed by atoms with Crippen LogP contribution in [0, 0.1) is 20.8 Å². The number of anilines is 1. The van der Waals surface area contributed by atoms with Gasteiger partial charge in [0.05, 0.1) is 11.9 Å². The van der Waals surface area contributed by atoms with E-state index < -0.39 is 10.0 Å². The summed E-state index contributed by atoms with van der Waals surface area (Å²) >= 11 is 1.64. The van der Waals surface area contributed by atoms with E-state index in [-0.39, 0.29) is 12.5 Å². The van der Waals surface area contributed by atoms with Crippen LogP contribution in [0.5, 0.6) is 0 Å². The summed E-state index contributed by atoms with van der Waals surface area (Å²) in [6.45, 7) is 5.94. The first-order valence-electron chi connectivity index (χ1n) is 8.68. The van der Waals surface area contributed by atoms with Gasteiger partial charge in [0.15, 0.2) is 0 Å². The maximum absolute atomic E-state index is 12.3. The molecule has 0 fully saturated rings. The number of carbonyl (C=O) groups is 1. The second-order valence-corrected chi connectivity index (χ2v) is 9.60. The number of hydrogen-bond donors (Lipinski definition) is 1. The molecule has 0 radical (unpaired) electrons. The van der Waals surface area contributed by atoms with Crippen LogP contribution in [0.4, 0.5) is 5.69 Å². The molecule has 0 aliphatic carbocycles. The summed E-state index contributed by atoms with van der Waals surface area (Å²) in [5, 5.41) is 2.81. The third kappa shape index (κ3) is 6.29. The maximum Gasteiger partial charge on any atom is 0.240 e. The van der Waals surface area contributed by atoms with E-state index in [2.05, 4.69) is 5.32 Å². The second kappa shape index (κ2) is 9.28. The maximum atomic E-state index is 12.3. The number of nitrogens with one attached hydrogen (secondary N) is 1. The van der Waals surface area contributed by atoms with Crippen molar-refractivity contribution in [3.8, 4) is 0 Å². The zero-order valence-electron chi connectivity index (χ0n) is 16.2. The Morgan fingerprint density at radius 2 is 1.67 bits per heavy atom. The van der Waals surface area contributed by atoms with E-state index in [4.69, 9.17) is 0 Å². The van der Waals surface area contributed by atoms with Gasteiger partial charge in [0.2, 0.25) is 15.9 Å². The van der Waals surface area contributed by atoms with E-state index in [0.717, 1.165) is 33.6 Å². The average Bonchev–Trinajstić information content (AvgIpc) is 2.57. The van der Waals surface area contributed by atoms with Crippen LogP contribution in [0.2, 0.25) is 0 Å². The molecule has 1 amide bonds. The Morgan fingerprint density at radius 3 is 2.22 bits per heavy atom. The monoisotopic (exact) mass is 406 g/mol. The summed E-state index contributed by atoms with van der Waals surface area (Å²) in [5.41, 5.74) is 3.32. The molecule has 146 valence electrons. The minimum atomic E-state index is -3.58. The van der Waals surface area contributed by atoms with Crippen LogP contribution in [0.25, 0.3) is 0 Å². The molecule has 0 aliphatic heterocycles. The number of thioether (sulfide) groups is 1. The van der Waals surface area contributed by atoms with E-state index >= 15 is 0 Å². The molecule has 1 N–H and O–H groups in total. The predicted octanol–water partition coefficient (Wildman–Crippen LogP) is 3.29. The van der Waals surface area contributed by atoms with Gasteiger partial charge in [0, 0.05) is 17.2 Å². The van der Waals surface area contributed by atoms with Gasteiger partial charge in [-0.05, 0) is 44.0 Å². The fourth-order valence-corrected chi connectivity index (χ4v) is 4.75. The van der Waals surface area contributed by atoms with Gasteiger partial charge in [-0.25, -0.2) is 8.42 Å². The number of aryl methyl sites for hydroxylation is 3. The summed E-state index contributed by atoms with van der Waals surface area (Å²) in [6.07, 6.45) is 1.13. The van der Waals surface area contributed by atoms with E-state index in [1.54, 1.807) is 11.8 Å². The van der Waals surface area contributed by atoms with Gasteiger partial charge in [-0.3, -0.25) is 9.10 Å². The quantitative estimate of drug-likeness (QED) is 0.540. The molecule has 0 heterocycles. The van der Waals surface area contributed by atoms with Crippen LogP contribution in [0.3, 0.4) is 0 Å². The number of sulfonamides is 1. The summed E-state index contributed by atoms with van der Waals surface area (Å²) in [5.74, 6) is 0.408. The summed E-state index contributed by atoms with van der Waals surface area (Å²) in [6, 6.07) is 13.8. The first-order chi connectivity index (χ1) is 12.7. The van der Waals surface area contributed by atoms with Crippen LogP contribution in [-0.2, 0) is 14.8 Å². The fourth-order valence-electron chi connectivity index (χ4n) is 2.99. The normalized spacial score (nSPS) is 11.3. The van der Waals surface area contributed by atoms with Crippen molar-refractivity contribution >= 4 is 33.4 Å². The van der Waals surface area contributed by atoms with Crippen molar-refractivity contribution in [1.82, 2.24) is 5.32 Å². The van der Waals surface area contributed by atoms with Gasteiger partial charge >= 0.3 is 0 Å². The van der Waals surface area contributed by atoms with Crippen molar-refractivity contribution < 1.29 is 13.2 Å². The number of benzene rings is 2. The molecule has 0 saturated heterocycles. The molecule has 2 aromatic rings. The van der Waals surface area contributed by atoms with Crippen molar-refractivity contribution in [1.29, 1.82) is 0 Å². The highest BCUT2D eigenvalue weighted by Gasteiger charge is 2.24. The molecule has 2 rings (SSSR count). The van der Waals surface area contributed by atoms with Crippen LogP contribution >= 0.6 is 11.8 Å². The van der Waals surface area contributed by atoms with Gasteiger partial charge in [-0.2, -0.15) is 0 Å². The molecule has 0 bridgehead atoms. The Labute approximate surface area is 166 Å². The van der Waals surface area contributed by atoms with Crippen molar-refractivity contribution in [3.63, 3.8) is 0 Å². The molecule has 0 aromatic heterocycles. The lowest BCUT2D eigenvalue weighted by molar-refractivity contribution is -0.119. The van der Waals surface area contributed by atoms with Crippen molar-refractivity contribution in [2.24, 2.45) is 0 Å². The molecule has 0 unspecified atom stereocenters. The molecule has 5 nitrogen and oxygen atoms in total. The zero-order valence-corrected chi connectivity index (χ0v) is 17.8. The van der Waals surface area contributed by atoms with Crippen LogP contribution in [0.15, 0.2) is 47.4 Å². The van der Waals surface area contributed by atoms with E-state index in [0.29, 0.717) is 12.2 Å². The van der Waals surface area contributed by atoms with E-state index in [1.807, 2.05) is 63.2 Å². The highest BCUT2D eigenvalue weighted by molar-refractivity contribution is 7.99. The Hall–Kier alpha value is -1.99. The van der Waals surface area contributed by atoms with Gasteiger partial charge < -0.3 is 5.32 Å². The molecule has 0 saturated carbocycles. The lowest BCUT2D eigenvalue weighted by Gasteiger charge is -2.26. The Kier molecular flexibility index (Phi) is 7.33. The number of rotatable bonds is 8. The topological polar surface area (TPSA) is 66.5 Å². The van der Waals surface area contributed by atoms with Crippen LogP contribution in [-0.4, -0.2) is 39.4 Å². The van der Waals surface area contributed by atoms with Gasteiger partial charge in [-0.15, -0.1) is 11.8 Å². The summed E-state index contributed by atoms with van der Waals surface area (Å²) < 4.78 is 25.8. The lowest BCUT2D eigenvalue weighted by atomic mass is 10.1. The molecule has 7 heteroatoms.